The number of aliphatic hydroxyl groups is 1. The lowest BCUT2D eigenvalue weighted by Crippen LogP contribution is -2.36. The first-order valence-corrected chi connectivity index (χ1v) is 7.44. The minimum Gasteiger partial charge on any atom is -0.389 e. The summed E-state index contributed by atoms with van der Waals surface area (Å²) in [6, 6.07) is 8.24. The molecule has 1 aromatic carbocycles. The Bertz CT molecular complexity index is 434. The highest BCUT2D eigenvalue weighted by Gasteiger charge is 2.29. The maximum absolute atomic E-state index is 11.9. The van der Waals surface area contributed by atoms with E-state index < -0.39 is 20.3 Å². The Morgan fingerprint density at radius 2 is 1.81 bits per heavy atom. The van der Waals surface area contributed by atoms with Crippen molar-refractivity contribution in [2.24, 2.45) is 0 Å². The van der Waals surface area contributed by atoms with Gasteiger partial charge in [0, 0.05) is 0 Å². The molecular formula is C11H15BrO3S. The SMILES string of the molecule is CC(C)(O)C(Br)CS(=O)(=O)c1ccccc1. The van der Waals surface area contributed by atoms with E-state index in [1.54, 1.807) is 44.2 Å². The van der Waals surface area contributed by atoms with Crippen LogP contribution in [0.1, 0.15) is 13.8 Å². The fourth-order valence-electron chi connectivity index (χ4n) is 1.12. The van der Waals surface area contributed by atoms with Crippen LogP contribution in [0.25, 0.3) is 0 Å². The standard InChI is InChI=1S/C11H15BrO3S/c1-11(2,13)10(12)8-16(14,15)9-6-4-3-5-7-9/h3-7,10,13H,8H2,1-2H3. The fourth-order valence-corrected chi connectivity index (χ4v) is 3.72. The van der Waals surface area contributed by atoms with Crippen LogP contribution in [0.3, 0.4) is 0 Å². The van der Waals surface area contributed by atoms with Gasteiger partial charge in [0.25, 0.3) is 0 Å². The summed E-state index contributed by atoms with van der Waals surface area (Å²) in [5, 5.41) is 9.69. The predicted molar refractivity (Wildman–Crippen MR) is 67.5 cm³/mol. The van der Waals surface area contributed by atoms with Gasteiger partial charge in [-0.1, -0.05) is 34.1 Å². The van der Waals surface area contributed by atoms with Gasteiger partial charge in [0.2, 0.25) is 0 Å². The first-order valence-electron chi connectivity index (χ1n) is 4.88. The average molecular weight is 307 g/mol. The fraction of sp³-hybridized carbons (Fsp3) is 0.455. The summed E-state index contributed by atoms with van der Waals surface area (Å²) in [4.78, 5) is -0.214. The van der Waals surface area contributed by atoms with Crippen LogP contribution in [0.15, 0.2) is 35.2 Å². The van der Waals surface area contributed by atoms with E-state index in [-0.39, 0.29) is 10.6 Å². The third-order valence-electron chi connectivity index (χ3n) is 2.23. The monoisotopic (exact) mass is 306 g/mol. The molecule has 0 heterocycles. The van der Waals surface area contributed by atoms with Crippen molar-refractivity contribution in [1.29, 1.82) is 0 Å². The molecule has 16 heavy (non-hydrogen) atoms. The summed E-state index contributed by atoms with van der Waals surface area (Å²) in [6.07, 6.45) is 0. The number of sulfone groups is 1. The molecule has 0 aromatic heterocycles. The van der Waals surface area contributed by atoms with E-state index in [1.807, 2.05) is 0 Å². The Balaban J connectivity index is 2.90. The molecule has 0 saturated carbocycles. The van der Waals surface area contributed by atoms with E-state index >= 15 is 0 Å². The first-order chi connectivity index (χ1) is 7.23. The molecule has 0 radical (unpaired) electrons. The number of benzene rings is 1. The maximum Gasteiger partial charge on any atom is 0.179 e. The Morgan fingerprint density at radius 1 is 1.31 bits per heavy atom. The quantitative estimate of drug-likeness (QED) is 0.866. The van der Waals surface area contributed by atoms with Crippen LogP contribution in [0.2, 0.25) is 0 Å². The van der Waals surface area contributed by atoms with Gasteiger partial charge >= 0.3 is 0 Å². The molecule has 3 nitrogen and oxygen atoms in total. The van der Waals surface area contributed by atoms with Crippen LogP contribution in [0, 0.1) is 0 Å². The molecule has 0 aliphatic rings. The van der Waals surface area contributed by atoms with Gasteiger partial charge in [-0.25, -0.2) is 8.42 Å². The lowest BCUT2D eigenvalue weighted by Gasteiger charge is -2.23. The third-order valence-corrected chi connectivity index (χ3v) is 5.87. The summed E-state index contributed by atoms with van der Waals surface area (Å²) < 4.78 is 23.9. The number of rotatable bonds is 4. The summed E-state index contributed by atoms with van der Waals surface area (Å²) in [5.74, 6) is -0.124. The van der Waals surface area contributed by atoms with Crippen molar-refractivity contribution < 1.29 is 13.5 Å². The van der Waals surface area contributed by atoms with E-state index in [4.69, 9.17) is 0 Å². The molecule has 0 fully saturated rings. The van der Waals surface area contributed by atoms with Crippen LogP contribution in [-0.2, 0) is 9.84 Å². The van der Waals surface area contributed by atoms with Crippen molar-refractivity contribution in [1.82, 2.24) is 0 Å². The Labute approximate surface area is 105 Å². The molecule has 90 valence electrons. The normalized spacial score (nSPS) is 14.8. The van der Waals surface area contributed by atoms with Crippen LogP contribution in [0.5, 0.6) is 0 Å². The molecule has 1 rings (SSSR count). The lowest BCUT2D eigenvalue weighted by molar-refractivity contribution is 0.0849. The maximum atomic E-state index is 11.9. The van der Waals surface area contributed by atoms with Gasteiger partial charge in [0.1, 0.15) is 0 Å². The molecule has 0 bridgehead atoms. The first kappa shape index (κ1) is 13.7. The summed E-state index contributed by atoms with van der Waals surface area (Å²) in [5.41, 5.74) is -1.07. The zero-order valence-electron chi connectivity index (χ0n) is 9.22. The molecule has 1 aromatic rings. The third kappa shape index (κ3) is 3.57. The molecule has 5 heteroatoms. The summed E-state index contributed by atoms with van der Waals surface area (Å²) >= 11 is 3.20. The van der Waals surface area contributed by atoms with Crippen LogP contribution in [-0.4, -0.2) is 29.7 Å². The second-order valence-corrected chi connectivity index (χ2v) is 7.36. The van der Waals surface area contributed by atoms with Crippen molar-refractivity contribution in [3.63, 3.8) is 0 Å². The van der Waals surface area contributed by atoms with Crippen LogP contribution in [0.4, 0.5) is 0 Å². The minimum absolute atomic E-state index is 0.124. The van der Waals surface area contributed by atoms with Gasteiger partial charge < -0.3 is 5.11 Å². The van der Waals surface area contributed by atoms with E-state index in [0.29, 0.717) is 0 Å². The highest BCUT2D eigenvalue weighted by Crippen LogP contribution is 2.22. The molecular weight excluding hydrogens is 292 g/mol. The molecule has 0 aliphatic heterocycles. The van der Waals surface area contributed by atoms with Crippen molar-refractivity contribution in [2.75, 3.05) is 5.75 Å². The average Bonchev–Trinajstić information content (AvgIpc) is 2.17. The van der Waals surface area contributed by atoms with Crippen molar-refractivity contribution in [3.8, 4) is 0 Å². The lowest BCUT2D eigenvalue weighted by atomic mass is 10.1. The molecule has 0 saturated heterocycles. The molecule has 1 unspecified atom stereocenters. The predicted octanol–water partition coefficient (Wildman–Crippen LogP) is 1.99. The largest absolute Gasteiger partial charge is 0.389 e. The molecule has 0 spiro atoms. The Hall–Kier alpha value is -0.390. The van der Waals surface area contributed by atoms with Crippen molar-refractivity contribution in [3.05, 3.63) is 30.3 Å². The van der Waals surface area contributed by atoms with Gasteiger partial charge in [-0.3, -0.25) is 0 Å². The second-order valence-electron chi connectivity index (χ2n) is 4.22. The van der Waals surface area contributed by atoms with E-state index in [0.717, 1.165) is 0 Å². The highest BCUT2D eigenvalue weighted by molar-refractivity contribution is 9.09. The van der Waals surface area contributed by atoms with Gasteiger partial charge in [-0.2, -0.15) is 0 Å². The van der Waals surface area contributed by atoms with Gasteiger partial charge in [-0.15, -0.1) is 0 Å². The van der Waals surface area contributed by atoms with Crippen LogP contribution >= 0.6 is 15.9 Å². The molecule has 1 N–H and O–H groups in total. The number of alkyl halides is 1. The second kappa shape index (κ2) is 4.85. The zero-order chi connectivity index (χ0) is 12.4. The molecule has 1 atom stereocenters. The van der Waals surface area contributed by atoms with Crippen molar-refractivity contribution >= 4 is 25.8 Å². The summed E-state index contributed by atoms with van der Waals surface area (Å²) in [6.45, 7) is 3.15. The molecule has 0 amide bonds. The summed E-state index contributed by atoms with van der Waals surface area (Å²) in [7, 11) is -3.35. The van der Waals surface area contributed by atoms with Gasteiger partial charge in [0.15, 0.2) is 9.84 Å². The van der Waals surface area contributed by atoms with Crippen LogP contribution < -0.4 is 0 Å². The smallest absolute Gasteiger partial charge is 0.179 e. The van der Waals surface area contributed by atoms with E-state index in [9.17, 15) is 13.5 Å². The molecule has 0 aliphatic carbocycles. The highest BCUT2D eigenvalue weighted by atomic mass is 79.9. The number of hydrogen-bond acceptors (Lipinski definition) is 3. The van der Waals surface area contributed by atoms with E-state index in [1.165, 1.54) is 0 Å². The van der Waals surface area contributed by atoms with Gasteiger partial charge in [0.05, 0.1) is 21.1 Å². The zero-order valence-corrected chi connectivity index (χ0v) is 11.6. The van der Waals surface area contributed by atoms with Crippen molar-refractivity contribution in [2.45, 2.75) is 29.2 Å². The van der Waals surface area contributed by atoms with E-state index in [2.05, 4.69) is 15.9 Å². The Kier molecular flexibility index (Phi) is 4.15. The van der Waals surface area contributed by atoms with Gasteiger partial charge in [-0.05, 0) is 26.0 Å². The number of hydrogen-bond donors (Lipinski definition) is 1. The topological polar surface area (TPSA) is 54.4 Å². The number of halogens is 1. The minimum atomic E-state index is -3.35. The Morgan fingerprint density at radius 3 is 2.25 bits per heavy atom.